The van der Waals surface area contributed by atoms with Crippen LogP contribution in [0.5, 0.6) is 5.75 Å². The van der Waals surface area contributed by atoms with Gasteiger partial charge in [0.2, 0.25) is 5.91 Å². The molecule has 0 saturated heterocycles. The average Bonchev–Trinajstić information content (AvgIpc) is 2.59. The molecule has 0 heterocycles. The highest BCUT2D eigenvalue weighted by molar-refractivity contribution is 6.30. The molecule has 1 unspecified atom stereocenters. The van der Waals surface area contributed by atoms with Gasteiger partial charge in [-0.15, -0.1) is 0 Å². The summed E-state index contributed by atoms with van der Waals surface area (Å²) in [6, 6.07) is 13.7. The molecule has 0 aliphatic rings. The second-order valence-electron chi connectivity index (χ2n) is 5.88. The van der Waals surface area contributed by atoms with Crippen molar-refractivity contribution in [3.8, 4) is 5.75 Å². The van der Waals surface area contributed by atoms with Crippen LogP contribution in [-0.4, -0.2) is 13.0 Å². The van der Waals surface area contributed by atoms with E-state index in [0.717, 1.165) is 28.9 Å². The van der Waals surface area contributed by atoms with Gasteiger partial charge in [0.15, 0.2) is 0 Å². The number of carbonyl (C=O) groups excluding carboxylic acids is 1. The van der Waals surface area contributed by atoms with Crippen LogP contribution >= 0.6 is 11.6 Å². The maximum absolute atomic E-state index is 12.3. The number of nitrogens with one attached hydrogen (secondary N) is 1. The molecule has 1 atom stereocenters. The molecule has 0 aliphatic carbocycles. The van der Waals surface area contributed by atoms with Gasteiger partial charge in [0.1, 0.15) is 5.75 Å². The maximum Gasteiger partial charge on any atom is 0.220 e. The van der Waals surface area contributed by atoms with Crippen LogP contribution in [0.3, 0.4) is 0 Å². The van der Waals surface area contributed by atoms with Gasteiger partial charge >= 0.3 is 0 Å². The molecular weight excluding hydrogens is 322 g/mol. The zero-order valence-corrected chi connectivity index (χ0v) is 15.2. The molecular formula is C20H24ClNO2. The third-order valence-corrected chi connectivity index (χ3v) is 4.37. The van der Waals surface area contributed by atoms with Gasteiger partial charge in [-0.3, -0.25) is 4.79 Å². The number of hydrogen-bond acceptors (Lipinski definition) is 2. The summed E-state index contributed by atoms with van der Waals surface area (Å²) in [5, 5.41) is 3.84. The number of carbonyl (C=O) groups is 1. The van der Waals surface area contributed by atoms with E-state index in [1.165, 1.54) is 0 Å². The second kappa shape index (κ2) is 8.74. The SMILES string of the molecule is CCC(NC(=O)CCc1ccc(Cl)cc1)c1ccc(OC)c(C)c1. The first-order valence-corrected chi connectivity index (χ1v) is 8.59. The second-order valence-corrected chi connectivity index (χ2v) is 6.32. The fourth-order valence-corrected chi connectivity index (χ4v) is 2.84. The van der Waals surface area contributed by atoms with Crippen molar-refractivity contribution in [1.29, 1.82) is 0 Å². The Morgan fingerprint density at radius 2 is 1.92 bits per heavy atom. The summed E-state index contributed by atoms with van der Waals surface area (Å²) in [6.07, 6.45) is 2.02. The summed E-state index contributed by atoms with van der Waals surface area (Å²) in [5.74, 6) is 0.924. The third kappa shape index (κ3) is 5.00. The first kappa shape index (κ1) is 18.3. The lowest BCUT2D eigenvalue weighted by Gasteiger charge is -2.19. The minimum atomic E-state index is 0.0207. The van der Waals surface area contributed by atoms with Crippen LogP contribution in [0.4, 0.5) is 0 Å². The van der Waals surface area contributed by atoms with Crippen molar-refractivity contribution in [2.75, 3.05) is 7.11 Å². The Balaban J connectivity index is 1.95. The summed E-state index contributed by atoms with van der Waals surface area (Å²) in [5.41, 5.74) is 3.29. The van der Waals surface area contributed by atoms with Crippen molar-refractivity contribution in [2.24, 2.45) is 0 Å². The summed E-state index contributed by atoms with van der Waals surface area (Å²) in [7, 11) is 1.66. The number of halogens is 1. The van der Waals surface area contributed by atoms with Gasteiger partial charge in [0, 0.05) is 11.4 Å². The molecule has 4 heteroatoms. The van der Waals surface area contributed by atoms with Crippen LogP contribution in [0.15, 0.2) is 42.5 Å². The number of amides is 1. The Bertz CT molecular complexity index is 683. The van der Waals surface area contributed by atoms with Crippen LogP contribution in [0.25, 0.3) is 0 Å². The van der Waals surface area contributed by atoms with E-state index in [1.807, 2.05) is 43.3 Å². The highest BCUT2D eigenvalue weighted by Gasteiger charge is 2.14. The number of rotatable bonds is 7. The van der Waals surface area contributed by atoms with Gasteiger partial charge < -0.3 is 10.1 Å². The standard InChI is InChI=1S/C20H24ClNO2/c1-4-18(16-8-11-19(24-3)14(2)13-16)22-20(23)12-7-15-5-9-17(21)10-6-15/h5-6,8-11,13,18H,4,7,12H2,1-3H3,(H,22,23). The van der Waals surface area contributed by atoms with E-state index >= 15 is 0 Å². The number of aryl methyl sites for hydroxylation is 2. The number of ether oxygens (including phenoxy) is 1. The summed E-state index contributed by atoms with van der Waals surface area (Å²) < 4.78 is 5.29. The minimum absolute atomic E-state index is 0.0207. The summed E-state index contributed by atoms with van der Waals surface area (Å²) >= 11 is 5.88. The highest BCUT2D eigenvalue weighted by Crippen LogP contribution is 2.24. The summed E-state index contributed by atoms with van der Waals surface area (Å²) in [6.45, 7) is 4.08. The Labute approximate surface area is 149 Å². The fraction of sp³-hybridized carbons (Fsp3) is 0.350. The molecule has 2 rings (SSSR count). The van der Waals surface area contributed by atoms with Crippen LogP contribution in [0.1, 0.15) is 42.5 Å². The molecule has 0 bridgehead atoms. The van der Waals surface area contributed by atoms with Crippen LogP contribution in [0, 0.1) is 6.92 Å². The first-order valence-electron chi connectivity index (χ1n) is 8.21. The lowest BCUT2D eigenvalue weighted by atomic mass is 10.0. The Morgan fingerprint density at radius 1 is 1.21 bits per heavy atom. The van der Waals surface area contributed by atoms with Crippen LogP contribution in [-0.2, 0) is 11.2 Å². The van der Waals surface area contributed by atoms with Crippen molar-refractivity contribution in [3.05, 3.63) is 64.2 Å². The molecule has 0 radical (unpaired) electrons. The average molecular weight is 346 g/mol. The lowest BCUT2D eigenvalue weighted by molar-refractivity contribution is -0.121. The molecule has 0 aliphatic heterocycles. The van der Waals surface area contributed by atoms with E-state index in [0.29, 0.717) is 17.9 Å². The molecule has 24 heavy (non-hydrogen) atoms. The van der Waals surface area contributed by atoms with E-state index in [9.17, 15) is 4.79 Å². The van der Waals surface area contributed by atoms with Gasteiger partial charge in [0.25, 0.3) is 0 Å². The minimum Gasteiger partial charge on any atom is -0.496 e. The van der Waals surface area contributed by atoms with E-state index < -0.39 is 0 Å². The lowest BCUT2D eigenvalue weighted by Crippen LogP contribution is -2.28. The van der Waals surface area contributed by atoms with Crippen molar-refractivity contribution < 1.29 is 9.53 Å². The van der Waals surface area contributed by atoms with Gasteiger partial charge in [0.05, 0.1) is 13.2 Å². The predicted molar refractivity (Wildman–Crippen MR) is 98.7 cm³/mol. The zero-order valence-electron chi connectivity index (χ0n) is 14.4. The molecule has 0 aromatic heterocycles. The smallest absolute Gasteiger partial charge is 0.220 e. The third-order valence-electron chi connectivity index (χ3n) is 4.12. The quantitative estimate of drug-likeness (QED) is 0.778. The normalized spacial score (nSPS) is 11.8. The first-order chi connectivity index (χ1) is 11.5. The molecule has 0 spiro atoms. The van der Waals surface area contributed by atoms with Crippen LogP contribution < -0.4 is 10.1 Å². The predicted octanol–water partition coefficient (Wildman–Crippen LogP) is 4.86. The Kier molecular flexibility index (Phi) is 6.68. The largest absolute Gasteiger partial charge is 0.496 e. The monoisotopic (exact) mass is 345 g/mol. The zero-order chi connectivity index (χ0) is 17.5. The van der Waals surface area contributed by atoms with Gasteiger partial charge in [-0.05, 0) is 54.7 Å². The fourth-order valence-electron chi connectivity index (χ4n) is 2.71. The van der Waals surface area contributed by atoms with Crippen molar-refractivity contribution in [2.45, 2.75) is 39.2 Å². The Morgan fingerprint density at radius 3 is 2.50 bits per heavy atom. The molecule has 1 amide bonds. The molecule has 1 N–H and O–H groups in total. The van der Waals surface area contributed by atoms with Crippen molar-refractivity contribution in [1.82, 2.24) is 5.32 Å². The van der Waals surface area contributed by atoms with E-state index in [4.69, 9.17) is 16.3 Å². The molecule has 2 aromatic rings. The van der Waals surface area contributed by atoms with E-state index in [1.54, 1.807) is 7.11 Å². The molecule has 128 valence electrons. The summed E-state index contributed by atoms with van der Waals surface area (Å²) in [4.78, 5) is 12.3. The van der Waals surface area contributed by atoms with Crippen LogP contribution in [0.2, 0.25) is 5.02 Å². The van der Waals surface area contributed by atoms with Gasteiger partial charge in [-0.2, -0.15) is 0 Å². The molecule has 2 aromatic carbocycles. The van der Waals surface area contributed by atoms with Crippen molar-refractivity contribution >= 4 is 17.5 Å². The van der Waals surface area contributed by atoms with E-state index in [2.05, 4.69) is 18.3 Å². The topological polar surface area (TPSA) is 38.3 Å². The molecule has 0 fully saturated rings. The van der Waals surface area contributed by atoms with Gasteiger partial charge in [-0.1, -0.05) is 42.8 Å². The van der Waals surface area contributed by atoms with Gasteiger partial charge in [-0.25, -0.2) is 0 Å². The highest BCUT2D eigenvalue weighted by atomic mass is 35.5. The number of benzene rings is 2. The number of hydrogen-bond donors (Lipinski definition) is 1. The number of methoxy groups -OCH3 is 1. The van der Waals surface area contributed by atoms with E-state index in [-0.39, 0.29) is 11.9 Å². The Hall–Kier alpha value is -2.00. The molecule has 3 nitrogen and oxygen atoms in total. The molecule has 0 saturated carbocycles. The maximum atomic E-state index is 12.3. The van der Waals surface area contributed by atoms with Crippen molar-refractivity contribution in [3.63, 3.8) is 0 Å².